The van der Waals surface area contributed by atoms with E-state index in [1.165, 1.54) is 10.7 Å². The monoisotopic (exact) mass is 335 g/mol. The van der Waals surface area contributed by atoms with Gasteiger partial charge in [-0.05, 0) is 25.3 Å². The minimum atomic E-state index is -0.455. The first-order valence-electron chi connectivity index (χ1n) is 8.67. The molecule has 0 bridgehead atoms. The molecule has 7 heteroatoms. The summed E-state index contributed by atoms with van der Waals surface area (Å²) in [7, 11) is 0. The van der Waals surface area contributed by atoms with E-state index in [0.717, 1.165) is 19.3 Å². The zero-order valence-corrected chi connectivity index (χ0v) is 14.1. The van der Waals surface area contributed by atoms with Gasteiger partial charge in [0, 0.05) is 25.2 Å². The van der Waals surface area contributed by atoms with Crippen molar-refractivity contribution in [2.75, 3.05) is 26.3 Å². The highest BCUT2D eigenvalue weighted by atomic mass is 16.6. The van der Waals surface area contributed by atoms with E-state index in [1.54, 1.807) is 12.3 Å². The topological polar surface area (TPSA) is 73.7 Å². The van der Waals surface area contributed by atoms with Crippen molar-refractivity contribution in [3.63, 3.8) is 0 Å². The van der Waals surface area contributed by atoms with Gasteiger partial charge in [0.2, 0.25) is 5.91 Å². The van der Waals surface area contributed by atoms with Gasteiger partial charge in [0.15, 0.2) is 0 Å². The van der Waals surface area contributed by atoms with Crippen LogP contribution in [-0.2, 0) is 20.8 Å². The van der Waals surface area contributed by atoms with Gasteiger partial charge in [-0.25, -0.2) is 4.68 Å². The number of aromatic nitrogens is 2. The molecule has 24 heavy (non-hydrogen) atoms. The highest BCUT2D eigenvalue weighted by molar-refractivity contribution is 5.76. The summed E-state index contributed by atoms with van der Waals surface area (Å²) in [6.45, 7) is 4.67. The van der Waals surface area contributed by atoms with Crippen molar-refractivity contribution < 1.29 is 14.3 Å². The Morgan fingerprint density at radius 1 is 1.50 bits per heavy atom. The molecule has 0 N–H and O–H groups in total. The highest BCUT2D eigenvalue weighted by Gasteiger charge is 2.44. The Morgan fingerprint density at radius 2 is 2.38 bits per heavy atom. The molecule has 0 aliphatic carbocycles. The van der Waals surface area contributed by atoms with Gasteiger partial charge in [0.05, 0.1) is 32.4 Å². The summed E-state index contributed by atoms with van der Waals surface area (Å²) < 4.78 is 13.4. The van der Waals surface area contributed by atoms with Gasteiger partial charge in [0.1, 0.15) is 5.60 Å². The Kier molecular flexibility index (Phi) is 5.30. The molecule has 0 saturated carbocycles. The van der Waals surface area contributed by atoms with Crippen LogP contribution in [-0.4, -0.2) is 58.6 Å². The predicted molar refractivity (Wildman–Crippen MR) is 87.6 cm³/mol. The molecule has 0 aromatic carbocycles. The fourth-order valence-electron chi connectivity index (χ4n) is 3.45. The van der Waals surface area contributed by atoms with Crippen LogP contribution in [0.15, 0.2) is 23.1 Å². The van der Waals surface area contributed by atoms with Crippen LogP contribution in [0.1, 0.15) is 32.6 Å². The van der Waals surface area contributed by atoms with Gasteiger partial charge < -0.3 is 14.4 Å². The van der Waals surface area contributed by atoms with Crippen molar-refractivity contribution in [1.82, 2.24) is 14.7 Å². The number of hydrogen-bond acceptors (Lipinski definition) is 5. The van der Waals surface area contributed by atoms with Gasteiger partial charge >= 0.3 is 0 Å². The molecular weight excluding hydrogens is 310 g/mol. The predicted octanol–water partition coefficient (Wildman–Crippen LogP) is 0.820. The lowest BCUT2D eigenvalue weighted by molar-refractivity contribution is -0.136. The number of hydrogen-bond donors (Lipinski definition) is 0. The second-order valence-corrected chi connectivity index (χ2v) is 6.62. The molecule has 1 aromatic rings. The molecule has 2 aliphatic heterocycles. The Balaban J connectivity index is 1.66. The third kappa shape index (κ3) is 3.84. The highest BCUT2D eigenvalue weighted by Crippen LogP contribution is 2.33. The lowest BCUT2D eigenvalue weighted by Crippen LogP contribution is -2.47. The van der Waals surface area contributed by atoms with E-state index in [4.69, 9.17) is 9.47 Å². The Hall–Kier alpha value is -1.73. The molecule has 1 spiro atoms. The summed E-state index contributed by atoms with van der Waals surface area (Å²) in [5.74, 6) is 0.162. The Bertz CT molecular complexity index is 632. The standard InChI is InChI=1S/C17H25N3O4/c1-2-4-15(21)19-9-10-23-13-17(12-19)7-6-14(24-17)11-20-16(22)5-3-8-18-20/h3,5,8,14H,2,4,6-7,9-13H2,1H3. The van der Waals surface area contributed by atoms with Gasteiger partial charge in [-0.1, -0.05) is 6.92 Å². The first-order chi connectivity index (χ1) is 11.6. The van der Waals surface area contributed by atoms with Crippen LogP contribution in [0, 0.1) is 0 Å². The van der Waals surface area contributed by atoms with E-state index in [9.17, 15) is 9.59 Å². The molecule has 2 unspecified atom stereocenters. The summed E-state index contributed by atoms with van der Waals surface area (Å²) in [4.78, 5) is 25.9. The van der Waals surface area contributed by atoms with Crippen molar-refractivity contribution in [2.45, 2.75) is 50.9 Å². The van der Waals surface area contributed by atoms with E-state index >= 15 is 0 Å². The minimum absolute atomic E-state index is 0.0811. The summed E-state index contributed by atoms with van der Waals surface area (Å²) in [5.41, 5.74) is -0.581. The average Bonchev–Trinajstić information content (AvgIpc) is 2.82. The molecule has 1 amide bonds. The summed E-state index contributed by atoms with van der Waals surface area (Å²) in [6.07, 6.45) is 4.59. The normalized spacial score (nSPS) is 27.4. The van der Waals surface area contributed by atoms with Crippen LogP contribution < -0.4 is 5.56 Å². The fraction of sp³-hybridized carbons (Fsp3) is 0.706. The zero-order chi connectivity index (χ0) is 17.0. The van der Waals surface area contributed by atoms with Crippen molar-refractivity contribution >= 4 is 5.91 Å². The largest absolute Gasteiger partial charge is 0.377 e. The number of rotatable bonds is 4. The van der Waals surface area contributed by atoms with Crippen LogP contribution >= 0.6 is 0 Å². The average molecular weight is 335 g/mol. The summed E-state index contributed by atoms with van der Waals surface area (Å²) >= 11 is 0. The number of carbonyl (C=O) groups excluding carboxylic acids is 1. The first-order valence-corrected chi connectivity index (χ1v) is 8.67. The fourth-order valence-corrected chi connectivity index (χ4v) is 3.45. The van der Waals surface area contributed by atoms with E-state index < -0.39 is 5.60 Å². The minimum Gasteiger partial charge on any atom is -0.377 e. The van der Waals surface area contributed by atoms with Crippen molar-refractivity contribution in [3.05, 3.63) is 28.7 Å². The summed E-state index contributed by atoms with van der Waals surface area (Å²) in [6, 6.07) is 3.13. The van der Waals surface area contributed by atoms with Crippen LogP contribution in [0.5, 0.6) is 0 Å². The van der Waals surface area contributed by atoms with Crippen LogP contribution in [0.3, 0.4) is 0 Å². The Morgan fingerprint density at radius 3 is 3.17 bits per heavy atom. The van der Waals surface area contributed by atoms with Gasteiger partial charge in [0.25, 0.3) is 5.56 Å². The van der Waals surface area contributed by atoms with Gasteiger partial charge in [-0.15, -0.1) is 0 Å². The van der Waals surface area contributed by atoms with Crippen molar-refractivity contribution in [2.24, 2.45) is 0 Å². The molecule has 2 fully saturated rings. The number of amides is 1. The molecule has 3 heterocycles. The van der Waals surface area contributed by atoms with Crippen molar-refractivity contribution in [1.29, 1.82) is 0 Å². The molecular formula is C17H25N3O4. The molecule has 0 radical (unpaired) electrons. The van der Waals surface area contributed by atoms with Crippen LogP contribution in [0.2, 0.25) is 0 Å². The molecule has 7 nitrogen and oxygen atoms in total. The van der Waals surface area contributed by atoms with Crippen LogP contribution in [0.25, 0.3) is 0 Å². The van der Waals surface area contributed by atoms with Gasteiger partial charge in [-0.3, -0.25) is 9.59 Å². The first kappa shape index (κ1) is 17.1. The van der Waals surface area contributed by atoms with E-state index in [-0.39, 0.29) is 17.6 Å². The third-order valence-corrected chi connectivity index (χ3v) is 4.67. The molecule has 2 atom stereocenters. The van der Waals surface area contributed by atoms with E-state index in [1.807, 2.05) is 11.8 Å². The maximum atomic E-state index is 12.3. The second-order valence-electron chi connectivity index (χ2n) is 6.62. The molecule has 2 saturated heterocycles. The number of carbonyl (C=O) groups is 1. The molecule has 2 aliphatic rings. The van der Waals surface area contributed by atoms with E-state index in [0.29, 0.717) is 39.3 Å². The summed E-state index contributed by atoms with van der Waals surface area (Å²) in [5, 5.41) is 4.09. The van der Waals surface area contributed by atoms with E-state index in [2.05, 4.69) is 5.10 Å². The zero-order valence-electron chi connectivity index (χ0n) is 14.1. The second kappa shape index (κ2) is 7.44. The van der Waals surface area contributed by atoms with Crippen LogP contribution in [0.4, 0.5) is 0 Å². The lowest BCUT2D eigenvalue weighted by atomic mass is 10.00. The third-order valence-electron chi connectivity index (χ3n) is 4.67. The lowest BCUT2D eigenvalue weighted by Gasteiger charge is -2.32. The SMILES string of the molecule is CCCC(=O)N1CCOCC2(CCC(Cn3ncccc3=O)O2)C1. The van der Waals surface area contributed by atoms with Gasteiger partial charge in [-0.2, -0.15) is 5.10 Å². The smallest absolute Gasteiger partial charge is 0.266 e. The van der Waals surface area contributed by atoms with Crippen molar-refractivity contribution in [3.8, 4) is 0 Å². The maximum Gasteiger partial charge on any atom is 0.266 e. The Labute approximate surface area is 141 Å². The molecule has 3 rings (SSSR count). The number of nitrogens with zero attached hydrogens (tertiary/aromatic N) is 3. The molecule has 132 valence electrons. The molecule has 1 aromatic heterocycles. The quantitative estimate of drug-likeness (QED) is 0.814. The maximum absolute atomic E-state index is 12.3. The number of ether oxygens (including phenoxy) is 2.